The standard InChI is InChI=1S/C15H20N2O2/c1-19-13-4-5-14-12(7-13)8-15(18)17(14)10-11-3-2-6-16-9-11/h4-5,7,11,16H,2-3,6,8-10H2,1H3. The molecule has 1 N–H and O–H groups in total. The second kappa shape index (κ2) is 5.21. The summed E-state index contributed by atoms with van der Waals surface area (Å²) in [6, 6.07) is 5.92. The second-order valence-electron chi connectivity index (χ2n) is 5.39. The van der Waals surface area contributed by atoms with Gasteiger partial charge in [-0.3, -0.25) is 4.79 Å². The lowest BCUT2D eigenvalue weighted by Crippen LogP contribution is -2.39. The molecule has 0 aliphatic carbocycles. The van der Waals surface area contributed by atoms with E-state index >= 15 is 0 Å². The van der Waals surface area contributed by atoms with Gasteiger partial charge in [0.1, 0.15) is 5.75 Å². The first-order valence-electron chi connectivity index (χ1n) is 6.96. The number of hydrogen-bond donors (Lipinski definition) is 1. The topological polar surface area (TPSA) is 41.6 Å². The molecule has 1 unspecified atom stereocenters. The number of carbonyl (C=O) groups excluding carboxylic acids is 1. The van der Waals surface area contributed by atoms with Gasteiger partial charge in [0.15, 0.2) is 0 Å². The van der Waals surface area contributed by atoms with Crippen LogP contribution in [0.5, 0.6) is 5.75 Å². The molecule has 3 rings (SSSR count). The molecule has 2 heterocycles. The van der Waals surface area contributed by atoms with Crippen molar-refractivity contribution in [3.63, 3.8) is 0 Å². The number of benzene rings is 1. The summed E-state index contributed by atoms with van der Waals surface area (Å²) in [5.41, 5.74) is 2.16. The smallest absolute Gasteiger partial charge is 0.231 e. The second-order valence-corrected chi connectivity index (χ2v) is 5.39. The summed E-state index contributed by atoms with van der Waals surface area (Å²) in [4.78, 5) is 14.1. The highest BCUT2D eigenvalue weighted by molar-refractivity contribution is 6.01. The molecule has 1 amide bonds. The first-order chi connectivity index (χ1) is 9.28. The van der Waals surface area contributed by atoms with Gasteiger partial charge in [-0.25, -0.2) is 0 Å². The highest BCUT2D eigenvalue weighted by Gasteiger charge is 2.29. The molecule has 0 saturated carbocycles. The van der Waals surface area contributed by atoms with Crippen LogP contribution in [-0.4, -0.2) is 32.7 Å². The summed E-state index contributed by atoms with van der Waals surface area (Å²) < 4.78 is 5.22. The summed E-state index contributed by atoms with van der Waals surface area (Å²) in [5, 5.41) is 3.41. The molecule has 4 nitrogen and oxygen atoms in total. The number of hydrogen-bond acceptors (Lipinski definition) is 3. The summed E-state index contributed by atoms with van der Waals surface area (Å²) in [6.07, 6.45) is 2.93. The lowest BCUT2D eigenvalue weighted by atomic mass is 9.99. The Morgan fingerprint density at radius 2 is 2.37 bits per heavy atom. The van der Waals surface area contributed by atoms with Crippen LogP contribution in [0, 0.1) is 5.92 Å². The maximum absolute atomic E-state index is 12.2. The van der Waals surface area contributed by atoms with Crippen molar-refractivity contribution in [3.8, 4) is 5.75 Å². The van der Waals surface area contributed by atoms with Crippen molar-refractivity contribution in [1.29, 1.82) is 0 Å². The zero-order valence-electron chi connectivity index (χ0n) is 11.3. The summed E-state index contributed by atoms with van der Waals surface area (Å²) in [6.45, 7) is 2.97. The van der Waals surface area contributed by atoms with Crippen molar-refractivity contribution in [3.05, 3.63) is 23.8 Å². The average molecular weight is 260 g/mol. The minimum Gasteiger partial charge on any atom is -0.497 e. The first-order valence-corrected chi connectivity index (χ1v) is 6.96. The van der Waals surface area contributed by atoms with Crippen molar-refractivity contribution in [2.24, 2.45) is 5.92 Å². The van der Waals surface area contributed by atoms with Crippen LogP contribution in [0.15, 0.2) is 18.2 Å². The third-order valence-corrected chi connectivity index (χ3v) is 4.06. The lowest BCUT2D eigenvalue weighted by molar-refractivity contribution is -0.117. The molecule has 1 aromatic rings. The molecular formula is C15H20N2O2. The fraction of sp³-hybridized carbons (Fsp3) is 0.533. The predicted octanol–water partition coefficient (Wildman–Crippen LogP) is 1.58. The monoisotopic (exact) mass is 260 g/mol. The van der Waals surface area contributed by atoms with Crippen LogP contribution >= 0.6 is 0 Å². The van der Waals surface area contributed by atoms with Gasteiger partial charge in [0, 0.05) is 12.2 Å². The van der Waals surface area contributed by atoms with E-state index in [1.807, 2.05) is 23.1 Å². The summed E-state index contributed by atoms with van der Waals surface area (Å²) in [7, 11) is 1.66. The molecule has 1 saturated heterocycles. The van der Waals surface area contributed by atoms with E-state index in [9.17, 15) is 4.79 Å². The molecular weight excluding hydrogens is 240 g/mol. The molecule has 0 aromatic heterocycles. The Morgan fingerprint density at radius 3 is 3.11 bits per heavy atom. The van der Waals surface area contributed by atoms with Crippen molar-refractivity contribution >= 4 is 11.6 Å². The van der Waals surface area contributed by atoms with E-state index in [-0.39, 0.29) is 5.91 Å². The molecule has 2 aliphatic heterocycles. The number of methoxy groups -OCH3 is 1. The largest absolute Gasteiger partial charge is 0.497 e. The van der Waals surface area contributed by atoms with E-state index in [2.05, 4.69) is 5.32 Å². The number of fused-ring (bicyclic) bond motifs is 1. The van der Waals surface area contributed by atoms with Crippen molar-refractivity contribution in [2.45, 2.75) is 19.3 Å². The van der Waals surface area contributed by atoms with Gasteiger partial charge in [0.25, 0.3) is 0 Å². The number of nitrogens with one attached hydrogen (secondary N) is 1. The van der Waals surface area contributed by atoms with E-state index in [1.54, 1.807) is 7.11 Å². The maximum Gasteiger partial charge on any atom is 0.231 e. The maximum atomic E-state index is 12.2. The molecule has 1 atom stereocenters. The fourth-order valence-electron chi connectivity index (χ4n) is 3.02. The molecule has 2 aliphatic rings. The van der Waals surface area contributed by atoms with Crippen molar-refractivity contribution in [2.75, 3.05) is 31.6 Å². The Morgan fingerprint density at radius 1 is 1.47 bits per heavy atom. The Bertz CT molecular complexity index is 481. The molecule has 19 heavy (non-hydrogen) atoms. The van der Waals surface area contributed by atoms with Gasteiger partial charge >= 0.3 is 0 Å². The van der Waals surface area contributed by atoms with Crippen LogP contribution in [0.4, 0.5) is 5.69 Å². The Kier molecular flexibility index (Phi) is 3.42. The van der Waals surface area contributed by atoms with Crippen molar-refractivity contribution < 1.29 is 9.53 Å². The minimum absolute atomic E-state index is 0.217. The Balaban J connectivity index is 1.78. The van der Waals surface area contributed by atoms with Gasteiger partial charge in [0.05, 0.1) is 13.5 Å². The van der Waals surface area contributed by atoms with Crippen LogP contribution in [0.2, 0.25) is 0 Å². The molecule has 102 valence electrons. The molecule has 1 fully saturated rings. The number of rotatable bonds is 3. The lowest BCUT2D eigenvalue weighted by Gasteiger charge is -2.28. The number of anilines is 1. The van der Waals surface area contributed by atoms with Gasteiger partial charge in [0.2, 0.25) is 5.91 Å². The van der Waals surface area contributed by atoms with Crippen LogP contribution in [0.25, 0.3) is 0 Å². The highest BCUT2D eigenvalue weighted by atomic mass is 16.5. The van der Waals surface area contributed by atoms with E-state index in [4.69, 9.17) is 4.74 Å². The van der Waals surface area contributed by atoms with Crippen LogP contribution in [-0.2, 0) is 11.2 Å². The van der Waals surface area contributed by atoms with E-state index in [0.717, 1.165) is 36.6 Å². The third kappa shape index (κ3) is 2.45. The molecule has 4 heteroatoms. The minimum atomic E-state index is 0.217. The van der Waals surface area contributed by atoms with Gasteiger partial charge in [-0.2, -0.15) is 0 Å². The number of carbonyl (C=O) groups is 1. The molecule has 0 spiro atoms. The van der Waals surface area contributed by atoms with Gasteiger partial charge in [-0.1, -0.05) is 0 Å². The molecule has 1 aromatic carbocycles. The Labute approximate surface area is 113 Å². The number of ether oxygens (including phenoxy) is 1. The van der Waals surface area contributed by atoms with Gasteiger partial charge in [-0.05, 0) is 55.6 Å². The normalized spacial score (nSPS) is 22.5. The van der Waals surface area contributed by atoms with E-state index in [1.165, 1.54) is 12.8 Å². The summed E-state index contributed by atoms with van der Waals surface area (Å²) in [5.74, 6) is 1.62. The third-order valence-electron chi connectivity index (χ3n) is 4.06. The van der Waals surface area contributed by atoms with Crippen molar-refractivity contribution in [1.82, 2.24) is 5.32 Å². The summed E-state index contributed by atoms with van der Waals surface area (Å²) >= 11 is 0. The number of piperidine rings is 1. The quantitative estimate of drug-likeness (QED) is 0.897. The Hall–Kier alpha value is -1.55. The number of nitrogens with zero attached hydrogens (tertiary/aromatic N) is 1. The number of amides is 1. The zero-order valence-corrected chi connectivity index (χ0v) is 11.3. The average Bonchev–Trinajstić information content (AvgIpc) is 2.75. The van der Waals surface area contributed by atoms with Crippen LogP contribution in [0.1, 0.15) is 18.4 Å². The predicted molar refractivity (Wildman–Crippen MR) is 74.6 cm³/mol. The highest BCUT2D eigenvalue weighted by Crippen LogP contribution is 2.33. The van der Waals surface area contributed by atoms with Gasteiger partial charge in [-0.15, -0.1) is 0 Å². The van der Waals surface area contributed by atoms with E-state index in [0.29, 0.717) is 12.3 Å². The van der Waals surface area contributed by atoms with E-state index < -0.39 is 0 Å². The molecule has 0 radical (unpaired) electrons. The van der Waals surface area contributed by atoms with Gasteiger partial charge < -0.3 is 15.0 Å². The molecule has 0 bridgehead atoms. The van der Waals surface area contributed by atoms with Crippen LogP contribution in [0.3, 0.4) is 0 Å². The van der Waals surface area contributed by atoms with Crippen LogP contribution < -0.4 is 15.0 Å². The first kappa shape index (κ1) is 12.5. The SMILES string of the molecule is COc1ccc2c(c1)CC(=O)N2CC1CCCNC1. The zero-order chi connectivity index (χ0) is 13.2. The fourth-order valence-corrected chi connectivity index (χ4v) is 3.02.